The van der Waals surface area contributed by atoms with Gasteiger partial charge in [-0.1, -0.05) is 0 Å². The lowest BCUT2D eigenvalue weighted by Gasteiger charge is -2.32. The number of carbonyl (C=O) groups is 1. The zero-order valence-corrected chi connectivity index (χ0v) is 22.2. The largest absolute Gasteiger partial charge is 0.384 e. The van der Waals surface area contributed by atoms with Crippen molar-refractivity contribution in [1.82, 2.24) is 24.6 Å². The molecule has 7 rings (SSSR count). The Kier molecular flexibility index (Phi) is 5.07. The van der Waals surface area contributed by atoms with Gasteiger partial charge in [-0.15, -0.1) is 0 Å². The van der Waals surface area contributed by atoms with Crippen molar-refractivity contribution >= 4 is 34.0 Å². The zero-order chi connectivity index (χ0) is 27.1. The summed E-state index contributed by atoms with van der Waals surface area (Å²) in [6.07, 6.45) is 5.94. The number of nitrogens with zero attached hydrogens (tertiary/aromatic N) is 5. The number of likely N-dealkylation sites (N-methyl/N-ethyl adjacent to an activating group) is 1. The molecule has 39 heavy (non-hydrogen) atoms. The zero-order valence-electron chi connectivity index (χ0n) is 22.2. The summed E-state index contributed by atoms with van der Waals surface area (Å²) in [6, 6.07) is 7.19. The van der Waals surface area contributed by atoms with E-state index in [9.17, 15) is 9.90 Å². The van der Waals surface area contributed by atoms with Gasteiger partial charge in [-0.05, 0) is 62.3 Å². The van der Waals surface area contributed by atoms with Crippen LogP contribution in [0.25, 0.3) is 21.9 Å². The molecular weight excluding hydrogens is 497 g/mol. The van der Waals surface area contributed by atoms with Gasteiger partial charge in [0.1, 0.15) is 23.8 Å². The SMILES string of the molecule is Cc1c(-c2cc3cc(Nc4cc5n(n4)CC(=O)N(C)CC54CC4)ncc3cc2F)cnc2c1NCCC2(C)O. The molecule has 1 atom stereocenters. The minimum absolute atomic E-state index is 0.0137. The van der Waals surface area contributed by atoms with E-state index in [4.69, 9.17) is 0 Å². The van der Waals surface area contributed by atoms with Crippen LogP contribution < -0.4 is 10.6 Å². The number of rotatable bonds is 3. The van der Waals surface area contributed by atoms with E-state index in [1.165, 1.54) is 6.07 Å². The molecule has 1 unspecified atom stereocenters. The van der Waals surface area contributed by atoms with Gasteiger partial charge in [-0.25, -0.2) is 9.37 Å². The molecule has 0 bridgehead atoms. The first-order chi connectivity index (χ1) is 18.6. The fraction of sp³-hybridized carbons (Fsp3) is 0.379. The third-order valence-electron chi connectivity index (χ3n) is 8.54. The minimum Gasteiger partial charge on any atom is -0.384 e. The van der Waals surface area contributed by atoms with Gasteiger partial charge >= 0.3 is 0 Å². The van der Waals surface area contributed by atoms with Gasteiger partial charge in [0.25, 0.3) is 0 Å². The molecule has 3 aliphatic rings. The Morgan fingerprint density at radius 2 is 1.87 bits per heavy atom. The molecule has 1 aromatic carbocycles. The first-order valence-corrected chi connectivity index (χ1v) is 13.3. The molecule has 1 fully saturated rings. The number of anilines is 3. The Bertz CT molecular complexity index is 1670. The molecule has 1 amide bonds. The maximum atomic E-state index is 15.3. The number of amides is 1. The summed E-state index contributed by atoms with van der Waals surface area (Å²) < 4.78 is 17.1. The third kappa shape index (κ3) is 3.84. The van der Waals surface area contributed by atoms with Gasteiger partial charge in [0.15, 0.2) is 5.82 Å². The molecule has 3 aromatic heterocycles. The van der Waals surface area contributed by atoms with Crippen molar-refractivity contribution in [2.45, 2.75) is 50.7 Å². The molecule has 3 N–H and O–H groups in total. The molecule has 10 heteroatoms. The molecule has 1 spiro atoms. The van der Waals surface area contributed by atoms with Gasteiger partial charge in [0, 0.05) is 66.2 Å². The summed E-state index contributed by atoms with van der Waals surface area (Å²) in [6.45, 7) is 5.24. The Morgan fingerprint density at radius 1 is 1.05 bits per heavy atom. The second-order valence-corrected chi connectivity index (χ2v) is 11.4. The number of hydrogen-bond acceptors (Lipinski definition) is 7. The number of fused-ring (bicyclic) bond motifs is 4. The first-order valence-electron chi connectivity index (χ1n) is 13.3. The van der Waals surface area contributed by atoms with Crippen LogP contribution >= 0.6 is 0 Å². The Labute approximate surface area is 225 Å². The van der Waals surface area contributed by atoms with Crippen LogP contribution in [-0.2, 0) is 22.4 Å². The van der Waals surface area contributed by atoms with E-state index in [2.05, 4.69) is 25.7 Å². The monoisotopic (exact) mass is 527 g/mol. The number of benzene rings is 1. The number of carbonyl (C=O) groups excluding carboxylic acids is 1. The van der Waals surface area contributed by atoms with Crippen LogP contribution in [0.4, 0.5) is 21.7 Å². The van der Waals surface area contributed by atoms with E-state index in [1.807, 2.05) is 36.9 Å². The maximum Gasteiger partial charge on any atom is 0.244 e. The lowest BCUT2D eigenvalue weighted by molar-refractivity contribution is -0.130. The average Bonchev–Trinajstić information content (AvgIpc) is 3.57. The lowest BCUT2D eigenvalue weighted by atomic mass is 9.88. The summed E-state index contributed by atoms with van der Waals surface area (Å²) in [5.41, 5.74) is 3.35. The van der Waals surface area contributed by atoms with Crippen LogP contribution in [0.3, 0.4) is 0 Å². The van der Waals surface area contributed by atoms with Gasteiger partial charge in [0.05, 0.1) is 11.4 Å². The second-order valence-electron chi connectivity index (χ2n) is 11.4. The average molecular weight is 528 g/mol. The van der Waals surface area contributed by atoms with Crippen LogP contribution in [0.1, 0.15) is 43.1 Å². The highest BCUT2D eigenvalue weighted by molar-refractivity contribution is 5.90. The molecule has 2 aliphatic heterocycles. The third-order valence-corrected chi connectivity index (χ3v) is 8.54. The first kappa shape index (κ1) is 24.0. The van der Waals surface area contributed by atoms with Crippen LogP contribution in [-0.4, -0.2) is 55.8 Å². The summed E-state index contributed by atoms with van der Waals surface area (Å²) in [7, 11) is 1.85. The molecule has 1 aliphatic carbocycles. The lowest BCUT2D eigenvalue weighted by Crippen LogP contribution is -2.32. The predicted octanol–water partition coefficient (Wildman–Crippen LogP) is 4.21. The van der Waals surface area contributed by atoms with Crippen molar-refractivity contribution in [2.75, 3.05) is 30.8 Å². The highest BCUT2D eigenvalue weighted by atomic mass is 19.1. The molecule has 0 saturated heterocycles. The van der Waals surface area contributed by atoms with Crippen molar-refractivity contribution in [1.29, 1.82) is 0 Å². The van der Waals surface area contributed by atoms with Gasteiger partial charge in [-0.2, -0.15) is 5.10 Å². The van der Waals surface area contributed by atoms with E-state index in [0.717, 1.165) is 35.2 Å². The number of nitrogens with one attached hydrogen (secondary N) is 2. The van der Waals surface area contributed by atoms with Gasteiger partial charge in [0.2, 0.25) is 5.91 Å². The number of aliphatic hydroxyl groups is 1. The summed E-state index contributed by atoms with van der Waals surface area (Å²) in [5, 5.41) is 23.6. The summed E-state index contributed by atoms with van der Waals surface area (Å²) in [4.78, 5) is 23.3. The van der Waals surface area contributed by atoms with Crippen molar-refractivity contribution < 1.29 is 14.3 Å². The highest BCUT2D eigenvalue weighted by Gasteiger charge is 2.50. The quantitative estimate of drug-likeness (QED) is 0.366. The van der Waals surface area contributed by atoms with Crippen molar-refractivity contribution in [3.63, 3.8) is 0 Å². The molecule has 4 aromatic rings. The predicted molar refractivity (Wildman–Crippen MR) is 146 cm³/mol. The highest BCUT2D eigenvalue weighted by Crippen LogP contribution is 2.50. The number of halogens is 1. The minimum atomic E-state index is -1.02. The second kappa shape index (κ2) is 8.22. The molecule has 1 saturated carbocycles. The van der Waals surface area contributed by atoms with E-state index >= 15 is 4.39 Å². The fourth-order valence-corrected chi connectivity index (χ4v) is 6.08. The number of aromatic nitrogens is 4. The standard InChI is InChI=1S/C29H30FN7O2/c1-16-20(13-33-27-26(16)31-7-6-28(27,2)39)19-8-17-10-23(32-12-18(17)9-21(19)30)34-24-11-22-29(4-5-29)15-36(3)25(38)14-37(22)35-24/h8-13,31,39H,4-7,14-15H2,1-3H3,(H,32,34,35). The Balaban J connectivity index is 1.23. The van der Waals surface area contributed by atoms with Crippen LogP contribution in [0.2, 0.25) is 0 Å². The van der Waals surface area contributed by atoms with Crippen LogP contribution in [0.15, 0.2) is 36.7 Å². The van der Waals surface area contributed by atoms with E-state index in [-0.39, 0.29) is 23.7 Å². The van der Waals surface area contributed by atoms with Gasteiger partial charge < -0.3 is 20.6 Å². The molecule has 5 heterocycles. The molecular formula is C29H30FN7O2. The fourth-order valence-electron chi connectivity index (χ4n) is 6.08. The summed E-state index contributed by atoms with van der Waals surface area (Å²) in [5.74, 6) is 0.911. The maximum absolute atomic E-state index is 15.3. The molecule has 0 radical (unpaired) electrons. The van der Waals surface area contributed by atoms with Crippen molar-refractivity contribution in [3.8, 4) is 11.1 Å². The van der Waals surface area contributed by atoms with E-state index < -0.39 is 5.60 Å². The van der Waals surface area contributed by atoms with Crippen LogP contribution in [0, 0.1) is 12.7 Å². The summed E-state index contributed by atoms with van der Waals surface area (Å²) >= 11 is 0. The Hall–Kier alpha value is -4.05. The van der Waals surface area contributed by atoms with Crippen molar-refractivity contribution in [2.24, 2.45) is 0 Å². The molecule has 9 nitrogen and oxygen atoms in total. The number of hydrogen-bond donors (Lipinski definition) is 3. The molecule has 200 valence electrons. The van der Waals surface area contributed by atoms with E-state index in [1.54, 1.807) is 24.2 Å². The topological polar surface area (TPSA) is 108 Å². The normalized spacial score (nSPS) is 21.4. The van der Waals surface area contributed by atoms with Crippen molar-refractivity contribution in [3.05, 3.63) is 59.4 Å². The van der Waals surface area contributed by atoms with Gasteiger partial charge in [-0.3, -0.25) is 14.5 Å². The Morgan fingerprint density at radius 3 is 2.67 bits per heavy atom. The van der Waals surface area contributed by atoms with Crippen LogP contribution in [0.5, 0.6) is 0 Å². The van der Waals surface area contributed by atoms with E-state index in [0.29, 0.717) is 53.4 Å². The number of pyridine rings is 2. The smallest absolute Gasteiger partial charge is 0.244 e.